The van der Waals surface area contributed by atoms with E-state index in [-0.39, 0.29) is 23.8 Å². The number of carbonyl (C=O) groups excluding carboxylic acids is 1. The van der Waals surface area contributed by atoms with Gasteiger partial charge in [-0.25, -0.2) is 0 Å². The molecule has 106 valence electrons. The summed E-state index contributed by atoms with van der Waals surface area (Å²) in [4.78, 5) is 11.8. The molecule has 0 aromatic carbocycles. The summed E-state index contributed by atoms with van der Waals surface area (Å²) in [6, 6.07) is 0. The maximum absolute atomic E-state index is 11.8. The zero-order valence-corrected chi connectivity index (χ0v) is 11.7. The third-order valence-electron chi connectivity index (χ3n) is 3.79. The highest BCUT2D eigenvalue weighted by Crippen LogP contribution is 2.24. The summed E-state index contributed by atoms with van der Waals surface area (Å²) in [6.07, 6.45) is 4.24. The van der Waals surface area contributed by atoms with E-state index >= 15 is 0 Å². The second-order valence-corrected chi connectivity index (χ2v) is 6.00. The lowest BCUT2D eigenvalue weighted by atomic mass is 9.94. The summed E-state index contributed by atoms with van der Waals surface area (Å²) in [5.41, 5.74) is 5.69. The monoisotopic (exact) mass is 256 g/mol. The highest BCUT2D eigenvalue weighted by atomic mass is 16.3. The molecule has 1 aliphatic rings. The minimum absolute atomic E-state index is 0.0743. The van der Waals surface area contributed by atoms with Crippen molar-refractivity contribution in [2.24, 2.45) is 23.5 Å². The molecule has 1 saturated carbocycles. The van der Waals surface area contributed by atoms with Gasteiger partial charge in [-0.05, 0) is 37.6 Å². The molecule has 4 N–H and O–H groups in total. The van der Waals surface area contributed by atoms with Crippen LogP contribution in [0.25, 0.3) is 0 Å². The van der Waals surface area contributed by atoms with E-state index in [0.717, 1.165) is 25.7 Å². The third kappa shape index (κ3) is 5.36. The Hall–Kier alpha value is -0.610. The topological polar surface area (TPSA) is 75.4 Å². The van der Waals surface area contributed by atoms with Crippen LogP contribution in [0.2, 0.25) is 0 Å². The summed E-state index contributed by atoms with van der Waals surface area (Å²) in [6.45, 7) is 5.47. The van der Waals surface area contributed by atoms with Gasteiger partial charge in [0.05, 0.1) is 6.10 Å². The standard InChI is InChI=1S/C14H28N2O2/c1-10(2)6-11(8-15)7-14(18)16-9-12-4-3-5-13(12)17/h10-13,17H,3-9,15H2,1-2H3,(H,16,18)/t11-,12?,13?/m0/s1. The van der Waals surface area contributed by atoms with E-state index in [0.29, 0.717) is 25.4 Å². The summed E-state index contributed by atoms with van der Waals surface area (Å²) in [5.74, 6) is 1.17. The third-order valence-corrected chi connectivity index (χ3v) is 3.79. The highest BCUT2D eigenvalue weighted by molar-refractivity contribution is 5.76. The first-order valence-electron chi connectivity index (χ1n) is 7.17. The van der Waals surface area contributed by atoms with Gasteiger partial charge in [0.25, 0.3) is 0 Å². The normalized spacial score (nSPS) is 25.4. The van der Waals surface area contributed by atoms with Crippen LogP contribution in [-0.2, 0) is 4.79 Å². The highest BCUT2D eigenvalue weighted by Gasteiger charge is 2.25. The summed E-state index contributed by atoms with van der Waals surface area (Å²) in [7, 11) is 0. The fourth-order valence-electron chi connectivity index (χ4n) is 2.76. The number of aliphatic hydroxyl groups excluding tert-OH is 1. The Morgan fingerprint density at radius 2 is 2.17 bits per heavy atom. The van der Waals surface area contributed by atoms with E-state index in [1.807, 2.05) is 0 Å². The molecular formula is C14H28N2O2. The molecule has 1 fully saturated rings. The molecule has 1 aliphatic carbocycles. The fraction of sp³-hybridized carbons (Fsp3) is 0.929. The molecule has 1 rings (SSSR count). The van der Waals surface area contributed by atoms with Crippen LogP contribution in [0.4, 0.5) is 0 Å². The average Bonchev–Trinajstić information content (AvgIpc) is 2.70. The second-order valence-electron chi connectivity index (χ2n) is 6.00. The molecule has 18 heavy (non-hydrogen) atoms. The van der Waals surface area contributed by atoms with E-state index in [2.05, 4.69) is 19.2 Å². The van der Waals surface area contributed by atoms with Crippen molar-refractivity contribution in [1.82, 2.24) is 5.32 Å². The molecule has 0 spiro atoms. The summed E-state index contributed by atoms with van der Waals surface area (Å²) >= 11 is 0. The lowest BCUT2D eigenvalue weighted by molar-refractivity contribution is -0.122. The molecule has 0 aromatic rings. The van der Waals surface area contributed by atoms with Crippen LogP contribution < -0.4 is 11.1 Å². The van der Waals surface area contributed by atoms with Gasteiger partial charge < -0.3 is 16.2 Å². The predicted molar refractivity (Wildman–Crippen MR) is 73.0 cm³/mol. The van der Waals surface area contributed by atoms with Crippen molar-refractivity contribution in [2.45, 2.75) is 52.1 Å². The van der Waals surface area contributed by atoms with E-state index in [9.17, 15) is 9.90 Å². The molecule has 1 amide bonds. The Kier molecular flexibility index (Phi) is 6.65. The first kappa shape index (κ1) is 15.4. The molecule has 0 radical (unpaired) electrons. The summed E-state index contributed by atoms with van der Waals surface area (Å²) < 4.78 is 0. The van der Waals surface area contributed by atoms with Crippen LogP contribution in [0.15, 0.2) is 0 Å². The van der Waals surface area contributed by atoms with Crippen molar-refractivity contribution in [1.29, 1.82) is 0 Å². The van der Waals surface area contributed by atoms with Gasteiger partial charge in [0.15, 0.2) is 0 Å². The average molecular weight is 256 g/mol. The van der Waals surface area contributed by atoms with E-state index < -0.39 is 0 Å². The predicted octanol–water partition coefficient (Wildman–Crippen LogP) is 1.27. The van der Waals surface area contributed by atoms with Gasteiger partial charge in [-0.3, -0.25) is 4.79 Å². The SMILES string of the molecule is CC(C)C[C@H](CN)CC(=O)NCC1CCCC1O. The van der Waals surface area contributed by atoms with Gasteiger partial charge in [0.1, 0.15) is 0 Å². The molecule has 2 unspecified atom stereocenters. The van der Waals surface area contributed by atoms with Gasteiger partial charge in [-0.15, -0.1) is 0 Å². The number of nitrogens with one attached hydrogen (secondary N) is 1. The minimum Gasteiger partial charge on any atom is -0.393 e. The molecule has 0 aromatic heterocycles. The lowest BCUT2D eigenvalue weighted by Gasteiger charge is -2.18. The van der Waals surface area contributed by atoms with Crippen LogP contribution >= 0.6 is 0 Å². The zero-order valence-electron chi connectivity index (χ0n) is 11.7. The van der Waals surface area contributed by atoms with Gasteiger partial charge in [-0.2, -0.15) is 0 Å². The number of carbonyl (C=O) groups is 1. The van der Waals surface area contributed by atoms with Crippen LogP contribution in [0.5, 0.6) is 0 Å². The van der Waals surface area contributed by atoms with E-state index in [1.54, 1.807) is 0 Å². The molecule has 0 bridgehead atoms. The van der Waals surface area contributed by atoms with Crippen LogP contribution in [0.1, 0.15) is 46.0 Å². The number of hydrogen-bond donors (Lipinski definition) is 3. The second kappa shape index (κ2) is 7.74. The van der Waals surface area contributed by atoms with Crippen LogP contribution in [-0.4, -0.2) is 30.2 Å². The Balaban J connectivity index is 2.23. The van der Waals surface area contributed by atoms with Gasteiger partial charge in [0.2, 0.25) is 5.91 Å². The largest absolute Gasteiger partial charge is 0.393 e. The molecule has 3 atom stereocenters. The van der Waals surface area contributed by atoms with Gasteiger partial charge >= 0.3 is 0 Å². The minimum atomic E-state index is -0.230. The van der Waals surface area contributed by atoms with Crippen molar-refractivity contribution in [3.05, 3.63) is 0 Å². The Labute approximate surface area is 110 Å². The molecule has 4 nitrogen and oxygen atoms in total. The fourth-order valence-corrected chi connectivity index (χ4v) is 2.76. The maximum Gasteiger partial charge on any atom is 0.220 e. The number of aliphatic hydroxyl groups is 1. The van der Waals surface area contributed by atoms with E-state index in [4.69, 9.17) is 5.73 Å². The molecule has 4 heteroatoms. The molecule has 0 heterocycles. The van der Waals surface area contributed by atoms with Gasteiger partial charge in [-0.1, -0.05) is 20.3 Å². The van der Waals surface area contributed by atoms with Crippen molar-refractivity contribution in [3.8, 4) is 0 Å². The zero-order chi connectivity index (χ0) is 13.5. The summed E-state index contributed by atoms with van der Waals surface area (Å²) in [5, 5.41) is 12.6. The first-order chi connectivity index (χ1) is 8.52. The van der Waals surface area contributed by atoms with Crippen LogP contribution in [0.3, 0.4) is 0 Å². The molecule has 0 saturated heterocycles. The Morgan fingerprint density at radius 3 is 2.67 bits per heavy atom. The Morgan fingerprint density at radius 1 is 1.44 bits per heavy atom. The quantitative estimate of drug-likeness (QED) is 0.642. The van der Waals surface area contributed by atoms with Crippen molar-refractivity contribution in [2.75, 3.05) is 13.1 Å². The van der Waals surface area contributed by atoms with Crippen molar-refractivity contribution in [3.63, 3.8) is 0 Å². The number of nitrogens with two attached hydrogens (primary N) is 1. The smallest absolute Gasteiger partial charge is 0.220 e. The number of hydrogen-bond acceptors (Lipinski definition) is 3. The van der Waals surface area contributed by atoms with Crippen molar-refractivity contribution < 1.29 is 9.90 Å². The number of rotatable bonds is 7. The molecular weight excluding hydrogens is 228 g/mol. The Bertz CT molecular complexity index is 256. The molecule has 0 aliphatic heterocycles. The number of amides is 1. The first-order valence-corrected chi connectivity index (χ1v) is 7.17. The van der Waals surface area contributed by atoms with Gasteiger partial charge in [0, 0.05) is 18.9 Å². The maximum atomic E-state index is 11.8. The van der Waals surface area contributed by atoms with E-state index in [1.165, 1.54) is 0 Å². The van der Waals surface area contributed by atoms with Crippen molar-refractivity contribution >= 4 is 5.91 Å². The van der Waals surface area contributed by atoms with Crippen LogP contribution in [0, 0.1) is 17.8 Å². The lowest BCUT2D eigenvalue weighted by Crippen LogP contribution is -2.34.